The van der Waals surface area contributed by atoms with Crippen LogP contribution in [0.2, 0.25) is 0 Å². The summed E-state index contributed by atoms with van der Waals surface area (Å²) >= 11 is 3.37. The van der Waals surface area contributed by atoms with Crippen LogP contribution in [-0.2, 0) is 0 Å². The quantitative estimate of drug-likeness (QED) is 0.917. The third-order valence-corrected chi connectivity index (χ3v) is 3.62. The van der Waals surface area contributed by atoms with Gasteiger partial charge in [-0.2, -0.15) is 0 Å². The average Bonchev–Trinajstić information content (AvgIpc) is 2.47. The van der Waals surface area contributed by atoms with E-state index < -0.39 is 0 Å². The molecule has 0 aliphatic rings. The first-order valence-corrected chi connectivity index (χ1v) is 7.01. The summed E-state index contributed by atoms with van der Waals surface area (Å²) in [4.78, 5) is 16.5. The van der Waals surface area contributed by atoms with Crippen molar-refractivity contribution in [3.63, 3.8) is 0 Å². The molecule has 0 spiro atoms. The van der Waals surface area contributed by atoms with Crippen LogP contribution in [0.25, 0.3) is 0 Å². The Bertz CT molecular complexity index is 649. The first kappa shape index (κ1) is 15.3. The predicted molar refractivity (Wildman–Crippen MR) is 84.2 cm³/mol. The number of benzene rings is 1. The molecule has 1 amide bonds. The molecule has 5 nitrogen and oxygen atoms in total. The molecule has 21 heavy (non-hydrogen) atoms. The van der Waals surface area contributed by atoms with Crippen LogP contribution in [0, 0.1) is 6.92 Å². The van der Waals surface area contributed by atoms with E-state index in [0.29, 0.717) is 27.4 Å². The van der Waals surface area contributed by atoms with Gasteiger partial charge in [0.05, 0.1) is 14.2 Å². The van der Waals surface area contributed by atoms with Crippen LogP contribution >= 0.6 is 15.9 Å². The lowest BCUT2D eigenvalue weighted by Gasteiger charge is -2.11. The number of hydrogen-bond acceptors (Lipinski definition) is 4. The smallest absolute Gasteiger partial charge is 0.257 e. The summed E-state index contributed by atoms with van der Waals surface area (Å²) in [5.41, 5.74) is 1.26. The monoisotopic (exact) mass is 350 g/mol. The minimum atomic E-state index is -0.280. The second-order valence-electron chi connectivity index (χ2n) is 4.31. The molecule has 2 rings (SSSR count). The van der Waals surface area contributed by atoms with E-state index >= 15 is 0 Å². The molecule has 2 aromatic rings. The second-order valence-corrected chi connectivity index (χ2v) is 5.11. The molecule has 0 aliphatic carbocycles. The summed E-state index contributed by atoms with van der Waals surface area (Å²) in [5, 5.41) is 2.74. The van der Waals surface area contributed by atoms with Crippen molar-refractivity contribution >= 4 is 27.7 Å². The van der Waals surface area contributed by atoms with E-state index in [1.165, 1.54) is 14.2 Å². The summed E-state index contributed by atoms with van der Waals surface area (Å²) in [6.45, 7) is 1.86. The Morgan fingerprint density at radius 3 is 2.33 bits per heavy atom. The number of amides is 1. The highest BCUT2D eigenvalue weighted by Crippen LogP contribution is 2.35. The number of carbonyl (C=O) groups is 1. The van der Waals surface area contributed by atoms with Gasteiger partial charge >= 0.3 is 0 Å². The highest BCUT2D eigenvalue weighted by molar-refractivity contribution is 9.10. The van der Waals surface area contributed by atoms with Crippen LogP contribution in [0.15, 0.2) is 34.8 Å². The summed E-state index contributed by atoms with van der Waals surface area (Å²) < 4.78 is 11.1. The number of anilines is 1. The topological polar surface area (TPSA) is 60.5 Å². The zero-order valence-corrected chi connectivity index (χ0v) is 13.5. The van der Waals surface area contributed by atoms with Crippen LogP contribution < -0.4 is 14.8 Å². The van der Waals surface area contributed by atoms with Crippen LogP contribution in [-0.4, -0.2) is 25.1 Å². The van der Waals surface area contributed by atoms with Gasteiger partial charge in [-0.15, -0.1) is 0 Å². The number of rotatable bonds is 4. The lowest BCUT2D eigenvalue weighted by atomic mass is 10.2. The number of pyridine rings is 1. The molecule has 0 radical (unpaired) electrons. The average molecular weight is 351 g/mol. The number of aromatic nitrogens is 1. The van der Waals surface area contributed by atoms with E-state index in [2.05, 4.69) is 26.2 Å². The van der Waals surface area contributed by atoms with Gasteiger partial charge in [-0.25, -0.2) is 4.98 Å². The highest BCUT2D eigenvalue weighted by atomic mass is 79.9. The van der Waals surface area contributed by atoms with E-state index in [9.17, 15) is 4.79 Å². The Kier molecular flexibility index (Phi) is 4.80. The lowest BCUT2D eigenvalue weighted by molar-refractivity contribution is 0.102. The number of halogens is 1. The molecule has 1 N–H and O–H groups in total. The fourth-order valence-electron chi connectivity index (χ4n) is 1.80. The largest absolute Gasteiger partial charge is 0.495 e. The summed E-state index contributed by atoms with van der Waals surface area (Å²) in [6, 6.07) is 8.70. The van der Waals surface area contributed by atoms with Crippen molar-refractivity contribution in [3.05, 3.63) is 46.1 Å². The number of aryl methyl sites for hydroxylation is 1. The third-order valence-electron chi connectivity index (χ3n) is 2.84. The van der Waals surface area contributed by atoms with Crippen molar-refractivity contribution in [1.82, 2.24) is 4.98 Å². The zero-order valence-electron chi connectivity index (χ0n) is 11.9. The standard InChI is InChI=1S/C15H15BrN2O3/c1-9-5-4-6-13(17-9)18-15(19)10-7-11(20-2)14(16)12(8-10)21-3/h4-8H,1-3H3,(H,17,18,19). The minimum absolute atomic E-state index is 0.280. The summed E-state index contributed by atoms with van der Waals surface area (Å²) in [6.07, 6.45) is 0. The first-order chi connectivity index (χ1) is 10.0. The van der Waals surface area contributed by atoms with Crippen LogP contribution in [0.1, 0.15) is 16.1 Å². The Morgan fingerprint density at radius 2 is 1.81 bits per heavy atom. The number of nitrogens with one attached hydrogen (secondary N) is 1. The Morgan fingerprint density at radius 1 is 1.19 bits per heavy atom. The van der Waals surface area contributed by atoms with Gasteiger partial charge in [0.1, 0.15) is 21.8 Å². The second kappa shape index (κ2) is 6.58. The van der Waals surface area contributed by atoms with Gasteiger partial charge in [0.2, 0.25) is 0 Å². The van der Waals surface area contributed by atoms with Gasteiger partial charge in [0.15, 0.2) is 0 Å². The minimum Gasteiger partial charge on any atom is -0.495 e. The van der Waals surface area contributed by atoms with E-state index in [4.69, 9.17) is 9.47 Å². The number of nitrogens with zero attached hydrogens (tertiary/aromatic N) is 1. The van der Waals surface area contributed by atoms with Crippen LogP contribution in [0.4, 0.5) is 5.82 Å². The molecule has 1 heterocycles. The van der Waals surface area contributed by atoms with Crippen molar-refractivity contribution in [3.8, 4) is 11.5 Å². The number of carbonyl (C=O) groups excluding carboxylic acids is 1. The third kappa shape index (κ3) is 3.52. The van der Waals surface area contributed by atoms with Crippen LogP contribution in [0.3, 0.4) is 0 Å². The zero-order chi connectivity index (χ0) is 15.4. The highest BCUT2D eigenvalue weighted by Gasteiger charge is 2.15. The van der Waals surface area contributed by atoms with E-state index in [1.807, 2.05) is 19.1 Å². The normalized spacial score (nSPS) is 10.1. The fraction of sp³-hybridized carbons (Fsp3) is 0.200. The number of methoxy groups -OCH3 is 2. The molecule has 0 bridgehead atoms. The predicted octanol–water partition coefficient (Wildman–Crippen LogP) is 3.42. The molecule has 0 aliphatic heterocycles. The summed E-state index contributed by atoms with van der Waals surface area (Å²) in [7, 11) is 3.06. The Labute approximate surface area is 131 Å². The molecule has 0 fully saturated rings. The molecular weight excluding hydrogens is 336 g/mol. The maximum Gasteiger partial charge on any atom is 0.257 e. The van der Waals surface area contributed by atoms with Gasteiger partial charge in [-0.3, -0.25) is 4.79 Å². The van der Waals surface area contributed by atoms with Gasteiger partial charge in [0, 0.05) is 11.3 Å². The maximum absolute atomic E-state index is 12.3. The molecule has 0 atom stereocenters. The van der Waals surface area contributed by atoms with Gasteiger partial charge in [-0.1, -0.05) is 6.07 Å². The van der Waals surface area contributed by atoms with Crippen LogP contribution in [0.5, 0.6) is 11.5 Å². The van der Waals surface area contributed by atoms with Crippen molar-refractivity contribution in [2.45, 2.75) is 6.92 Å². The van der Waals surface area contributed by atoms with Crippen molar-refractivity contribution in [2.75, 3.05) is 19.5 Å². The lowest BCUT2D eigenvalue weighted by Crippen LogP contribution is -2.13. The van der Waals surface area contributed by atoms with Crippen molar-refractivity contribution in [1.29, 1.82) is 0 Å². The molecular formula is C15H15BrN2O3. The number of hydrogen-bond donors (Lipinski definition) is 1. The van der Waals surface area contributed by atoms with Crippen molar-refractivity contribution < 1.29 is 14.3 Å². The summed E-state index contributed by atoms with van der Waals surface area (Å²) in [5.74, 6) is 1.27. The Balaban J connectivity index is 2.31. The van der Waals surface area contributed by atoms with Gasteiger partial charge in [0.25, 0.3) is 5.91 Å². The molecule has 0 saturated carbocycles. The molecule has 1 aromatic carbocycles. The van der Waals surface area contributed by atoms with E-state index in [0.717, 1.165) is 5.69 Å². The van der Waals surface area contributed by atoms with Gasteiger partial charge < -0.3 is 14.8 Å². The fourth-order valence-corrected chi connectivity index (χ4v) is 2.35. The van der Waals surface area contributed by atoms with E-state index in [1.54, 1.807) is 18.2 Å². The first-order valence-electron chi connectivity index (χ1n) is 6.21. The number of ether oxygens (including phenoxy) is 2. The SMILES string of the molecule is COc1cc(C(=O)Nc2cccc(C)n2)cc(OC)c1Br. The van der Waals surface area contributed by atoms with Gasteiger partial charge in [-0.05, 0) is 47.1 Å². The Hall–Kier alpha value is -2.08. The molecule has 0 saturated heterocycles. The molecule has 6 heteroatoms. The van der Waals surface area contributed by atoms with Crippen molar-refractivity contribution in [2.24, 2.45) is 0 Å². The molecule has 0 unspecified atom stereocenters. The molecule has 110 valence electrons. The van der Waals surface area contributed by atoms with E-state index in [-0.39, 0.29) is 5.91 Å². The molecule has 1 aromatic heterocycles. The maximum atomic E-state index is 12.3.